The van der Waals surface area contributed by atoms with Gasteiger partial charge in [0.1, 0.15) is 0 Å². The summed E-state index contributed by atoms with van der Waals surface area (Å²) in [5.41, 5.74) is 1.95. The monoisotopic (exact) mass is 235 g/mol. The fourth-order valence-electron chi connectivity index (χ4n) is 3.96. The fourth-order valence-corrected chi connectivity index (χ4v) is 4.94. The summed E-state index contributed by atoms with van der Waals surface area (Å²) < 4.78 is 0. The lowest BCUT2D eigenvalue weighted by molar-refractivity contribution is 0.138. The average Bonchev–Trinajstić information content (AvgIpc) is 2.65. The Bertz CT molecular complexity index is 372. The van der Waals surface area contributed by atoms with E-state index in [1.807, 2.05) is 11.3 Å². The molecule has 1 N–H and O–H groups in total. The van der Waals surface area contributed by atoms with E-state index < -0.39 is 0 Å². The Balaban J connectivity index is 2.00. The van der Waals surface area contributed by atoms with Crippen LogP contribution < -0.4 is 5.32 Å². The lowest BCUT2D eigenvalue weighted by Gasteiger charge is -2.46. The van der Waals surface area contributed by atoms with Crippen molar-refractivity contribution < 1.29 is 0 Å². The van der Waals surface area contributed by atoms with Crippen LogP contribution in [0.2, 0.25) is 0 Å². The number of hydrogen-bond donors (Lipinski definition) is 1. The first-order valence-electron chi connectivity index (χ1n) is 6.51. The van der Waals surface area contributed by atoms with Crippen LogP contribution in [-0.4, -0.2) is 6.54 Å². The van der Waals surface area contributed by atoms with Crippen molar-refractivity contribution in [1.29, 1.82) is 0 Å². The van der Waals surface area contributed by atoms with Gasteiger partial charge in [-0.2, -0.15) is 0 Å². The zero-order chi connectivity index (χ0) is 11.2. The molecule has 2 unspecified atom stereocenters. The van der Waals surface area contributed by atoms with Gasteiger partial charge in [-0.15, -0.1) is 11.3 Å². The second-order valence-electron chi connectivity index (χ2n) is 5.87. The van der Waals surface area contributed by atoms with E-state index in [4.69, 9.17) is 0 Å². The summed E-state index contributed by atoms with van der Waals surface area (Å²) in [7, 11) is 0. The number of fused-ring (bicyclic) bond motifs is 2. The van der Waals surface area contributed by atoms with Gasteiger partial charge in [0.2, 0.25) is 0 Å². The van der Waals surface area contributed by atoms with Gasteiger partial charge in [-0.25, -0.2) is 0 Å². The summed E-state index contributed by atoms with van der Waals surface area (Å²) in [6.07, 6.45) is 5.31. The van der Waals surface area contributed by atoms with Gasteiger partial charge >= 0.3 is 0 Å². The highest BCUT2D eigenvalue weighted by Crippen LogP contribution is 2.46. The molecule has 1 spiro atoms. The molecule has 88 valence electrons. The highest BCUT2D eigenvalue weighted by Gasteiger charge is 2.42. The zero-order valence-corrected chi connectivity index (χ0v) is 11.1. The molecule has 3 rings (SSSR count). The first kappa shape index (κ1) is 10.8. The summed E-state index contributed by atoms with van der Waals surface area (Å²) >= 11 is 1.96. The lowest BCUT2D eigenvalue weighted by atomic mass is 9.67. The van der Waals surface area contributed by atoms with E-state index in [-0.39, 0.29) is 0 Å². The molecule has 1 fully saturated rings. The Labute approximate surface area is 102 Å². The third kappa shape index (κ3) is 1.63. The minimum Gasteiger partial charge on any atom is -0.307 e. The first-order chi connectivity index (χ1) is 7.70. The second kappa shape index (κ2) is 3.85. The third-order valence-electron chi connectivity index (χ3n) is 4.28. The van der Waals surface area contributed by atoms with Gasteiger partial charge in [-0.3, -0.25) is 0 Å². The van der Waals surface area contributed by atoms with Crippen LogP contribution >= 0.6 is 11.3 Å². The van der Waals surface area contributed by atoms with Gasteiger partial charge < -0.3 is 5.32 Å². The van der Waals surface area contributed by atoms with Gasteiger partial charge in [0.25, 0.3) is 0 Å². The van der Waals surface area contributed by atoms with E-state index in [0.717, 1.165) is 11.8 Å². The Kier molecular flexibility index (Phi) is 2.60. The molecule has 16 heavy (non-hydrogen) atoms. The first-order valence-corrected chi connectivity index (χ1v) is 7.39. The summed E-state index contributed by atoms with van der Waals surface area (Å²) in [5, 5.41) is 6.13. The van der Waals surface area contributed by atoms with Crippen LogP contribution in [0.1, 0.15) is 43.6 Å². The highest BCUT2D eigenvalue weighted by atomic mass is 32.1. The molecule has 2 heteroatoms. The molecule has 1 aromatic rings. The maximum atomic E-state index is 3.84. The minimum absolute atomic E-state index is 0.324. The molecule has 1 aliphatic carbocycles. The molecule has 0 aromatic carbocycles. The van der Waals surface area contributed by atoms with Crippen molar-refractivity contribution >= 4 is 11.3 Å². The molecule has 0 saturated heterocycles. The molecule has 2 atom stereocenters. The van der Waals surface area contributed by atoms with E-state index in [0.29, 0.717) is 5.54 Å². The number of thiophene rings is 1. The molecular formula is C14H21NS. The standard InChI is InChI=1S/C14H21NS/c1-10-7-11(2)9-14(8-10)12-4-6-16-13(12)3-5-15-14/h4,6,10-11,15H,3,5,7-9H2,1-2H3. The van der Waals surface area contributed by atoms with Crippen molar-refractivity contribution in [3.8, 4) is 0 Å². The number of rotatable bonds is 0. The highest BCUT2D eigenvalue weighted by molar-refractivity contribution is 7.10. The normalized spacial score (nSPS) is 38.6. The van der Waals surface area contributed by atoms with Crippen LogP contribution in [0.4, 0.5) is 0 Å². The zero-order valence-electron chi connectivity index (χ0n) is 10.3. The molecule has 1 saturated carbocycles. The largest absolute Gasteiger partial charge is 0.307 e. The molecule has 0 radical (unpaired) electrons. The van der Waals surface area contributed by atoms with Crippen molar-refractivity contribution in [1.82, 2.24) is 5.32 Å². The number of nitrogens with one attached hydrogen (secondary N) is 1. The molecule has 1 aromatic heterocycles. The van der Waals surface area contributed by atoms with E-state index in [1.165, 1.54) is 32.2 Å². The van der Waals surface area contributed by atoms with Gasteiger partial charge in [0.15, 0.2) is 0 Å². The van der Waals surface area contributed by atoms with Crippen molar-refractivity contribution in [3.05, 3.63) is 21.9 Å². The van der Waals surface area contributed by atoms with Gasteiger partial charge in [-0.05, 0) is 54.5 Å². The van der Waals surface area contributed by atoms with Crippen LogP contribution in [-0.2, 0) is 12.0 Å². The minimum atomic E-state index is 0.324. The van der Waals surface area contributed by atoms with Crippen molar-refractivity contribution in [2.45, 2.75) is 45.1 Å². The van der Waals surface area contributed by atoms with Gasteiger partial charge in [-0.1, -0.05) is 13.8 Å². The van der Waals surface area contributed by atoms with Crippen LogP contribution in [0.5, 0.6) is 0 Å². The molecule has 0 bridgehead atoms. The predicted molar refractivity (Wildman–Crippen MR) is 69.9 cm³/mol. The van der Waals surface area contributed by atoms with Gasteiger partial charge in [0, 0.05) is 17.0 Å². The fraction of sp³-hybridized carbons (Fsp3) is 0.714. The summed E-state index contributed by atoms with van der Waals surface area (Å²) in [6.45, 7) is 6.01. The molecule has 1 nitrogen and oxygen atoms in total. The maximum Gasteiger partial charge on any atom is 0.0450 e. The van der Waals surface area contributed by atoms with E-state index in [9.17, 15) is 0 Å². The Morgan fingerprint density at radius 1 is 1.31 bits per heavy atom. The Hall–Kier alpha value is -0.340. The quantitative estimate of drug-likeness (QED) is 0.725. The second-order valence-corrected chi connectivity index (χ2v) is 6.87. The van der Waals surface area contributed by atoms with E-state index in [1.54, 1.807) is 10.4 Å². The van der Waals surface area contributed by atoms with Gasteiger partial charge in [0.05, 0.1) is 0 Å². The summed E-state index contributed by atoms with van der Waals surface area (Å²) in [5.74, 6) is 1.73. The van der Waals surface area contributed by atoms with Crippen molar-refractivity contribution in [3.63, 3.8) is 0 Å². The maximum absolute atomic E-state index is 3.84. The third-order valence-corrected chi connectivity index (χ3v) is 5.26. The molecule has 2 aliphatic rings. The Morgan fingerprint density at radius 2 is 2.06 bits per heavy atom. The predicted octanol–water partition coefficient (Wildman–Crippen LogP) is 3.55. The SMILES string of the molecule is CC1CC(C)CC2(C1)NCCc1sccc12. The van der Waals surface area contributed by atoms with E-state index >= 15 is 0 Å². The van der Waals surface area contributed by atoms with Crippen LogP contribution in [0, 0.1) is 11.8 Å². The molecule has 0 amide bonds. The number of hydrogen-bond acceptors (Lipinski definition) is 2. The smallest absolute Gasteiger partial charge is 0.0450 e. The summed E-state index contributed by atoms with van der Waals surface area (Å²) in [6, 6.07) is 2.37. The Morgan fingerprint density at radius 3 is 2.81 bits per heavy atom. The molecular weight excluding hydrogens is 214 g/mol. The van der Waals surface area contributed by atoms with E-state index in [2.05, 4.69) is 30.6 Å². The van der Waals surface area contributed by atoms with Crippen LogP contribution in [0.15, 0.2) is 11.4 Å². The summed E-state index contributed by atoms with van der Waals surface area (Å²) in [4.78, 5) is 1.64. The average molecular weight is 235 g/mol. The van der Waals surface area contributed by atoms with Crippen molar-refractivity contribution in [2.75, 3.05) is 6.54 Å². The van der Waals surface area contributed by atoms with Crippen LogP contribution in [0.25, 0.3) is 0 Å². The lowest BCUT2D eigenvalue weighted by Crippen LogP contribution is -2.50. The topological polar surface area (TPSA) is 12.0 Å². The van der Waals surface area contributed by atoms with Crippen molar-refractivity contribution in [2.24, 2.45) is 11.8 Å². The van der Waals surface area contributed by atoms with Crippen LogP contribution in [0.3, 0.4) is 0 Å². The molecule has 2 heterocycles. The molecule has 1 aliphatic heterocycles.